The second kappa shape index (κ2) is 12.7. The summed E-state index contributed by atoms with van der Waals surface area (Å²) < 4.78 is -0.738. The highest BCUT2D eigenvalue weighted by molar-refractivity contribution is 9.09. The molecule has 3 amide bonds. The largest absolute Gasteiger partial charge is 0.396 e. The van der Waals surface area contributed by atoms with E-state index in [9.17, 15) is 19.5 Å². The Morgan fingerprint density at radius 3 is 2.33 bits per heavy atom. The van der Waals surface area contributed by atoms with Crippen LogP contribution in [0, 0.1) is 11.8 Å². The first-order chi connectivity index (χ1) is 19.2. The number of nitrogens with zero attached hydrogens (tertiary/aromatic N) is 4. The Labute approximate surface area is 250 Å². The number of likely N-dealkylation sites (N-methyl/N-ethyl adjacent to an activating group) is 1. The number of thioether (sulfide) groups is 1. The predicted molar refractivity (Wildman–Crippen MR) is 166 cm³/mol. The van der Waals surface area contributed by atoms with Gasteiger partial charge in [0.1, 0.15) is 6.04 Å². The highest BCUT2D eigenvalue weighted by Gasteiger charge is 2.75. The van der Waals surface area contributed by atoms with Crippen molar-refractivity contribution >= 4 is 56.8 Å². The first-order valence-corrected chi connectivity index (χ1v) is 15.9. The molecule has 40 heavy (non-hydrogen) atoms. The lowest BCUT2D eigenvalue weighted by Crippen LogP contribution is -2.56. The number of carbonyl (C=O) groups excluding carboxylic acids is 3. The Balaban J connectivity index is 1.75. The zero-order valence-corrected chi connectivity index (χ0v) is 26.1. The van der Waals surface area contributed by atoms with Crippen LogP contribution in [0.5, 0.6) is 0 Å². The third-order valence-electron chi connectivity index (χ3n) is 8.51. The van der Waals surface area contributed by atoms with Crippen molar-refractivity contribution in [3.8, 4) is 0 Å². The summed E-state index contributed by atoms with van der Waals surface area (Å²) in [6.07, 6.45) is 4.35. The van der Waals surface area contributed by atoms with Crippen molar-refractivity contribution in [2.24, 2.45) is 11.8 Å². The van der Waals surface area contributed by atoms with E-state index in [0.29, 0.717) is 25.9 Å². The number of hydrogen-bond acceptors (Lipinski definition) is 6. The number of alkyl halides is 1. The summed E-state index contributed by atoms with van der Waals surface area (Å²) in [5.74, 6) is -1.56. The number of benzene rings is 1. The Morgan fingerprint density at radius 2 is 1.75 bits per heavy atom. The van der Waals surface area contributed by atoms with Crippen LogP contribution in [0.4, 0.5) is 11.4 Å². The van der Waals surface area contributed by atoms with Gasteiger partial charge >= 0.3 is 0 Å². The lowest BCUT2D eigenvalue weighted by atomic mass is 9.70. The zero-order valence-electron chi connectivity index (χ0n) is 23.7. The molecule has 1 aromatic carbocycles. The van der Waals surface area contributed by atoms with Gasteiger partial charge in [-0.25, -0.2) is 0 Å². The molecule has 10 heteroatoms. The summed E-state index contributed by atoms with van der Waals surface area (Å²) >= 11 is 5.44. The van der Waals surface area contributed by atoms with E-state index in [1.165, 1.54) is 0 Å². The van der Waals surface area contributed by atoms with E-state index in [4.69, 9.17) is 0 Å². The zero-order chi connectivity index (χ0) is 29.2. The van der Waals surface area contributed by atoms with Crippen molar-refractivity contribution in [1.82, 2.24) is 9.80 Å². The first-order valence-electron chi connectivity index (χ1n) is 14.1. The van der Waals surface area contributed by atoms with Gasteiger partial charge in [0, 0.05) is 67.8 Å². The molecule has 4 rings (SSSR count). The van der Waals surface area contributed by atoms with Gasteiger partial charge in [-0.2, -0.15) is 0 Å². The molecule has 8 nitrogen and oxygen atoms in total. The molecule has 1 N–H and O–H groups in total. The van der Waals surface area contributed by atoms with Crippen molar-refractivity contribution in [2.75, 3.05) is 56.2 Å². The minimum Gasteiger partial charge on any atom is -0.396 e. The number of amides is 3. The van der Waals surface area contributed by atoms with Gasteiger partial charge in [-0.3, -0.25) is 14.4 Å². The fraction of sp³-hybridized carbons (Fsp3) is 0.567. The van der Waals surface area contributed by atoms with Crippen LogP contribution in [0.15, 0.2) is 49.6 Å². The topological polar surface area (TPSA) is 84.4 Å². The number of carbonyl (C=O) groups is 3. The Bertz CT molecular complexity index is 1130. The molecule has 0 saturated carbocycles. The Morgan fingerprint density at radius 1 is 1.12 bits per heavy atom. The highest BCUT2D eigenvalue weighted by atomic mass is 79.9. The van der Waals surface area contributed by atoms with Gasteiger partial charge in [0.05, 0.1) is 16.6 Å². The highest BCUT2D eigenvalue weighted by Crippen LogP contribution is 2.68. The van der Waals surface area contributed by atoms with Gasteiger partial charge in [-0.1, -0.05) is 28.1 Å². The monoisotopic (exact) mass is 632 g/mol. The van der Waals surface area contributed by atoms with Gasteiger partial charge in [-0.15, -0.1) is 24.9 Å². The number of aliphatic hydroxyl groups is 1. The minimum absolute atomic E-state index is 0.00179. The molecule has 2 bridgehead atoms. The summed E-state index contributed by atoms with van der Waals surface area (Å²) in [6.45, 7) is 14.5. The van der Waals surface area contributed by atoms with Crippen LogP contribution in [0.1, 0.15) is 26.7 Å². The van der Waals surface area contributed by atoms with Gasteiger partial charge in [0.15, 0.2) is 0 Å². The molecule has 3 fully saturated rings. The third-order valence-corrected chi connectivity index (χ3v) is 11.7. The average molecular weight is 634 g/mol. The number of hydrogen-bond donors (Lipinski definition) is 1. The van der Waals surface area contributed by atoms with E-state index in [-0.39, 0.29) is 41.0 Å². The number of anilines is 2. The van der Waals surface area contributed by atoms with E-state index in [1.54, 1.807) is 45.7 Å². The fourth-order valence-corrected chi connectivity index (χ4v) is 10.3. The Hall–Kier alpha value is -2.30. The van der Waals surface area contributed by atoms with Gasteiger partial charge in [-0.05, 0) is 51.0 Å². The minimum atomic E-state index is -0.753. The van der Waals surface area contributed by atoms with Crippen LogP contribution in [0.25, 0.3) is 0 Å². The molecule has 3 aliphatic rings. The van der Waals surface area contributed by atoms with Crippen LogP contribution in [0.2, 0.25) is 0 Å². The lowest BCUT2D eigenvalue weighted by Gasteiger charge is -2.38. The van der Waals surface area contributed by atoms with E-state index < -0.39 is 22.6 Å². The van der Waals surface area contributed by atoms with Crippen LogP contribution >= 0.6 is 27.7 Å². The fourth-order valence-electron chi connectivity index (χ4n) is 6.74. The van der Waals surface area contributed by atoms with Crippen LogP contribution in [0.3, 0.4) is 0 Å². The van der Waals surface area contributed by atoms with Gasteiger partial charge in [0.25, 0.3) is 5.91 Å². The smallest absolute Gasteiger partial charge is 0.251 e. The number of aliphatic hydroxyl groups excluding tert-OH is 1. The second-order valence-electron chi connectivity index (χ2n) is 10.7. The van der Waals surface area contributed by atoms with Crippen molar-refractivity contribution in [3.05, 3.63) is 49.6 Å². The summed E-state index contributed by atoms with van der Waals surface area (Å²) in [5, 5.41) is 9.53. The average Bonchev–Trinajstić information content (AvgIpc) is 3.54. The van der Waals surface area contributed by atoms with Crippen molar-refractivity contribution in [2.45, 2.75) is 47.6 Å². The van der Waals surface area contributed by atoms with Crippen LogP contribution < -0.4 is 9.80 Å². The number of halogens is 1. The van der Waals surface area contributed by atoms with E-state index >= 15 is 0 Å². The quantitative estimate of drug-likeness (QED) is 0.265. The number of likely N-dealkylation sites (tertiary alicyclic amines) is 1. The van der Waals surface area contributed by atoms with Crippen LogP contribution in [-0.2, 0) is 14.4 Å². The molecular formula is C30H41BrN4O4S. The molecule has 0 aliphatic carbocycles. The third kappa shape index (κ3) is 5.11. The van der Waals surface area contributed by atoms with E-state index in [1.807, 2.05) is 24.3 Å². The molecule has 6 atom stereocenters. The lowest BCUT2D eigenvalue weighted by molar-refractivity contribution is -0.143. The van der Waals surface area contributed by atoms with Crippen LogP contribution in [-0.4, -0.2) is 99.9 Å². The van der Waals surface area contributed by atoms with Gasteiger partial charge in [0.2, 0.25) is 11.8 Å². The number of rotatable bonds is 13. The molecule has 1 aromatic rings. The Kier molecular flexibility index (Phi) is 9.73. The summed E-state index contributed by atoms with van der Waals surface area (Å²) in [4.78, 5) is 49.6. The van der Waals surface area contributed by atoms with Crippen molar-refractivity contribution in [3.63, 3.8) is 0 Å². The molecule has 0 radical (unpaired) electrons. The molecule has 0 aromatic heterocycles. The summed E-state index contributed by atoms with van der Waals surface area (Å²) in [7, 11) is 1.73. The normalized spacial score (nSPS) is 28.4. The van der Waals surface area contributed by atoms with Crippen molar-refractivity contribution in [1.29, 1.82) is 0 Å². The molecule has 218 valence electrons. The van der Waals surface area contributed by atoms with E-state index in [2.05, 4.69) is 47.8 Å². The maximum atomic E-state index is 14.6. The SMILES string of the molecule is C=CCN(C)C(=O)[C@H]1[C@H]2C(=O)N(CCCO)C(C(=O)N(CC=C)c3ccc(N(CC)CC)cc3)C23CC(Br)[C@@H]1S3. The molecule has 3 saturated heterocycles. The molecule has 3 aliphatic heterocycles. The van der Waals surface area contributed by atoms with Crippen molar-refractivity contribution < 1.29 is 19.5 Å². The standard InChI is InChI=1S/C30H41BrN4O4S/c1-6-15-32(5)27(37)23-24-28(38)35(17-10-18-36)26(30(24)19-22(31)25(23)40-30)29(39)34(16-7-2)21-13-11-20(12-14-21)33(8-3)9-4/h6-7,11-14,22-26,36H,1-2,8-10,15-19H2,3-5H3/t22?,23-,24-,25-,26?,30?/m0/s1. The second-order valence-corrected chi connectivity index (χ2v) is 13.4. The van der Waals surface area contributed by atoms with Gasteiger partial charge < -0.3 is 24.7 Å². The summed E-state index contributed by atoms with van der Waals surface area (Å²) in [5.41, 5.74) is 1.82. The molecule has 3 unspecified atom stereocenters. The first kappa shape index (κ1) is 30.7. The molecule has 3 heterocycles. The molecule has 1 spiro atoms. The predicted octanol–water partition coefficient (Wildman–Crippen LogP) is 3.54. The maximum absolute atomic E-state index is 14.6. The molecular weight excluding hydrogens is 592 g/mol. The maximum Gasteiger partial charge on any atom is 0.251 e. The van der Waals surface area contributed by atoms with E-state index in [0.717, 1.165) is 24.5 Å². The number of fused-ring (bicyclic) bond motifs is 1. The summed E-state index contributed by atoms with van der Waals surface area (Å²) in [6, 6.07) is 7.18.